The van der Waals surface area contributed by atoms with Gasteiger partial charge in [-0.2, -0.15) is 4.31 Å². The second-order valence-electron chi connectivity index (χ2n) is 7.09. The molecule has 8 nitrogen and oxygen atoms in total. The number of sulfonamides is 1. The van der Waals surface area contributed by atoms with Crippen molar-refractivity contribution in [2.75, 3.05) is 18.4 Å². The number of anilines is 1. The van der Waals surface area contributed by atoms with Crippen molar-refractivity contribution in [3.05, 3.63) is 40.9 Å². The van der Waals surface area contributed by atoms with E-state index in [1.165, 1.54) is 15.6 Å². The van der Waals surface area contributed by atoms with Crippen LogP contribution in [0.25, 0.3) is 0 Å². The number of benzene rings is 1. The zero-order chi connectivity index (χ0) is 21.7. The lowest BCUT2D eigenvalue weighted by atomic mass is 10.2. The second kappa shape index (κ2) is 9.67. The summed E-state index contributed by atoms with van der Waals surface area (Å²) in [6.45, 7) is 4.73. The van der Waals surface area contributed by atoms with E-state index in [0.29, 0.717) is 30.5 Å². The number of amides is 2. The van der Waals surface area contributed by atoms with Gasteiger partial charge in [-0.1, -0.05) is 26.0 Å². The Kier molecular flexibility index (Phi) is 7.22. The number of aromatic nitrogens is 1. The smallest absolute Gasteiger partial charge is 0.243 e. The van der Waals surface area contributed by atoms with Crippen molar-refractivity contribution in [3.8, 4) is 0 Å². The fourth-order valence-electron chi connectivity index (χ4n) is 2.92. The molecule has 1 heterocycles. The third-order valence-electron chi connectivity index (χ3n) is 4.83. The molecule has 2 aromatic rings. The Morgan fingerprint density at radius 2 is 1.83 bits per heavy atom. The molecule has 1 fully saturated rings. The minimum atomic E-state index is -3.49. The molecule has 0 atom stereocenters. The molecule has 0 unspecified atom stereocenters. The zero-order valence-corrected chi connectivity index (χ0v) is 18.7. The summed E-state index contributed by atoms with van der Waals surface area (Å²) in [5, 5.41) is 7.85. The van der Waals surface area contributed by atoms with E-state index in [4.69, 9.17) is 0 Å². The summed E-state index contributed by atoms with van der Waals surface area (Å²) in [4.78, 5) is 28.5. The minimum absolute atomic E-state index is 0.00759. The number of carbonyl (C=O) groups is 2. The third kappa shape index (κ3) is 5.65. The topological polar surface area (TPSA) is 108 Å². The molecule has 0 bridgehead atoms. The molecule has 0 saturated heterocycles. The Morgan fingerprint density at radius 3 is 2.43 bits per heavy atom. The molecule has 0 radical (unpaired) electrons. The van der Waals surface area contributed by atoms with Crippen LogP contribution in [0.4, 0.5) is 5.13 Å². The first-order valence-electron chi connectivity index (χ1n) is 9.94. The lowest BCUT2D eigenvalue weighted by Gasteiger charge is -2.18. The van der Waals surface area contributed by atoms with Crippen molar-refractivity contribution in [2.24, 2.45) is 5.92 Å². The van der Waals surface area contributed by atoms with Gasteiger partial charge in [0.1, 0.15) is 0 Å². The largest absolute Gasteiger partial charge is 0.352 e. The summed E-state index contributed by atoms with van der Waals surface area (Å²) < 4.78 is 26.4. The Morgan fingerprint density at radius 1 is 1.17 bits per heavy atom. The van der Waals surface area contributed by atoms with E-state index in [-0.39, 0.29) is 29.0 Å². The molecule has 1 aliphatic carbocycles. The molecule has 10 heteroatoms. The molecule has 1 aliphatic rings. The highest BCUT2D eigenvalue weighted by molar-refractivity contribution is 7.89. The van der Waals surface area contributed by atoms with Gasteiger partial charge in [0.25, 0.3) is 0 Å². The van der Waals surface area contributed by atoms with Crippen molar-refractivity contribution >= 4 is 38.3 Å². The zero-order valence-electron chi connectivity index (χ0n) is 17.1. The van der Waals surface area contributed by atoms with E-state index in [1.807, 2.05) is 0 Å². The molecule has 2 amide bonds. The summed E-state index contributed by atoms with van der Waals surface area (Å²) in [6.07, 6.45) is 1.97. The Hall–Kier alpha value is -2.30. The van der Waals surface area contributed by atoms with Gasteiger partial charge in [-0.25, -0.2) is 13.4 Å². The number of nitrogens with one attached hydrogen (secondary N) is 2. The van der Waals surface area contributed by atoms with Crippen molar-refractivity contribution in [2.45, 2.75) is 44.6 Å². The van der Waals surface area contributed by atoms with Crippen LogP contribution in [0.3, 0.4) is 0 Å². The van der Waals surface area contributed by atoms with E-state index < -0.39 is 10.0 Å². The van der Waals surface area contributed by atoms with E-state index in [2.05, 4.69) is 15.6 Å². The van der Waals surface area contributed by atoms with Crippen LogP contribution in [-0.2, 0) is 32.6 Å². The van der Waals surface area contributed by atoms with Crippen LogP contribution in [0.2, 0.25) is 0 Å². The van der Waals surface area contributed by atoms with E-state index in [0.717, 1.165) is 18.4 Å². The van der Waals surface area contributed by atoms with Crippen molar-refractivity contribution < 1.29 is 18.0 Å². The summed E-state index contributed by atoms with van der Waals surface area (Å²) in [7, 11) is -3.49. The third-order valence-corrected chi connectivity index (χ3v) is 7.70. The molecule has 30 heavy (non-hydrogen) atoms. The summed E-state index contributed by atoms with van der Waals surface area (Å²) >= 11 is 1.31. The van der Waals surface area contributed by atoms with E-state index in [1.54, 1.807) is 43.5 Å². The number of hydrogen-bond donors (Lipinski definition) is 2. The highest BCUT2D eigenvalue weighted by Gasteiger charge is 2.30. The molecule has 1 saturated carbocycles. The van der Waals surface area contributed by atoms with Gasteiger partial charge in [0.2, 0.25) is 21.8 Å². The first-order valence-corrected chi connectivity index (χ1v) is 12.3. The minimum Gasteiger partial charge on any atom is -0.352 e. The maximum absolute atomic E-state index is 12.5. The molecule has 2 N–H and O–H groups in total. The van der Waals surface area contributed by atoms with Crippen LogP contribution in [0, 0.1) is 5.92 Å². The molecular weight excluding hydrogens is 424 g/mol. The second-order valence-corrected chi connectivity index (χ2v) is 9.89. The summed E-state index contributed by atoms with van der Waals surface area (Å²) in [6, 6.07) is 6.52. The van der Waals surface area contributed by atoms with Crippen LogP contribution < -0.4 is 10.6 Å². The summed E-state index contributed by atoms with van der Waals surface area (Å²) in [5.41, 5.74) is 1.40. The molecule has 1 aromatic heterocycles. The van der Waals surface area contributed by atoms with Gasteiger partial charge in [-0.3, -0.25) is 9.59 Å². The van der Waals surface area contributed by atoms with E-state index in [9.17, 15) is 18.0 Å². The quantitative estimate of drug-likeness (QED) is 0.578. The predicted molar refractivity (Wildman–Crippen MR) is 116 cm³/mol. The molecule has 3 rings (SSSR count). The SMILES string of the molecule is CCN(CC)S(=O)(=O)c1ccc(CNC(=O)Cc2csc(NC(=O)C3CC3)n2)cc1. The van der Waals surface area contributed by atoms with E-state index >= 15 is 0 Å². The number of nitrogens with zero attached hydrogens (tertiary/aromatic N) is 2. The summed E-state index contributed by atoms with van der Waals surface area (Å²) in [5.74, 6) is -0.0962. The van der Waals surface area contributed by atoms with Crippen molar-refractivity contribution in [1.82, 2.24) is 14.6 Å². The average Bonchev–Trinajstić information content (AvgIpc) is 3.49. The van der Waals surface area contributed by atoms with Gasteiger partial charge < -0.3 is 10.6 Å². The van der Waals surface area contributed by atoms with Gasteiger partial charge in [0.15, 0.2) is 5.13 Å². The van der Waals surface area contributed by atoms with Crippen LogP contribution in [0.15, 0.2) is 34.5 Å². The molecular formula is C20H26N4O4S2. The van der Waals surface area contributed by atoms with Crippen LogP contribution in [-0.4, -0.2) is 42.6 Å². The Bertz CT molecular complexity index is 994. The normalized spacial score (nSPS) is 14.0. The molecule has 1 aromatic carbocycles. The van der Waals surface area contributed by atoms with Crippen LogP contribution in [0.1, 0.15) is 37.9 Å². The maximum atomic E-state index is 12.5. The van der Waals surface area contributed by atoms with Gasteiger partial charge >= 0.3 is 0 Å². The van der Waals surface area contributed by atoms with Crippen molar-refractivity contribution in [1.29, 1.82) is 0 Å². The average molecular weight is 451 g/mol. The standard InChI is InChI=1S/C20H26N4O4S2/c1-3-24(4-2)30(27,28)17-9-5-14(6-10-17)12-21-18(25)11-16-13-29-20(22-16)23-19(26)15-7-8-15/h5-6,9-10,13,15H,3-4,7-8,11-12H2,1-2H3,(H,21,25)(H,22,23,26). The monoisotopic (exact) mass is 450 g/mol. The number of carbonyl (C=O) groups excluding carboxylic acids is 2. The molecule has 0 spiro atoms. The molecule has 0 aliphatic heterocycles. The Labute approximate surface area is 180 Å². The van der Waals surface area contributed by atoms with Gasteiger partial charge in [0.05, 0.1) is 17.0 Å². The first kappa shape index (κ1) is 22.4. The lowest BCUT2D eigenvalue weighted by Crippen LogP contribution is -2.30. The van der Waals surface area contributed by atoms with Gasteiger partial charge in [0, 0.05) is 30.9 Å². The Balaban J connectivity index is 1.50. The lowest BCUT2D eigenvalue weighted by molar-refractivity contribution is -0.120. The maximum Gasteiger partial charge on any atom is 0.243 e. The van der Waals surface area contributed by atoms with Crippen LogP contribution >= 0.6 is 11.3 Å². The predicted octanol–water partition coefficient (Wildman–Crippen LogP) is 2.38. The fourth-order valence-corrected chi connectivity index (χ4v) is 5.09. The number of hydrogen-bond acceptors (Lipinski definition) is 6. The first-order chi connectivity index (χ1) is 14.3. The highest BCUT2D eigenvalue weighted by Crippen LogP contribution is 2.30. The number of rotatable bonds is 10. The highest BCUT2D eigenvalue weighted by atomic mass is 32.2. The van der Waals surface area contributed by atoms with Crippen LogP contribution in [0.5, 0.6) is 0 Å². The van der Waals surface area contributed by atoms with Gasteiger partial charge in [-0.05, 0) is 30.5 Å². The van der Waals surface area contributed by atoms with Crippen molar-refractivity contribution in [3.63, 3.8) is 0 Å². The molecule has 162 valence electrons. The van der Waals surface area contributed by atoms with Gasteiger partial charge in [-0.15, -0.1) is 11.3 Å². The number of thiazole rings is 1. The fraction of sp³-hybridized carbons (Fsp3) is 0.450.